The van der Waals surface area contributed by atoms with Crippen LogP contribution in [0.5, 0.6) is 0 Å². The normalized spacial score (nSPS) is 10.3. The smallest absolute Gasteiger partial charge is 0.323 e. The van der Waals surface area contributed by atoms with Crippen LogP contribution in [0, 0.1) is 0 Å². The highest BCUT2D eigenvalue weighted by atomic mass is 16.2. The molecular weight excluding hydrogens is 394 g/mol. The van der Waals surface area contributed by atoms with Crippen LogP contribution in [-0.2, 0) is 6.54 Å². The number of hydrogen-bond donors (Lipinski definition) is 4. The van der Waals surface area contributed by atoms with Gasteiger partial charge in [-0.15, -0.1) is 0 Å². The second kappa shape index (κ2) is 9.31. The van der Waals surface area contributed by atoms with Crippen LogP contribution in [0.4, 0.5) is 16.2 Å². The number of aromatic nitrogens is 4. The van der Waals surface area contributed by atoms with Crippen LogP contribution in [0.3, 0.4) is 0 Å². The quantitative estimate of drug-likeness (QED) is 0.385. The number of amides is 3. The number of benzene rings is 2. The molecule has 4 aromatic rings. The summed E-state index contributed by atoms with van der Waals surface area (Å²) in [5.41, 5.74) is 2.56. The van der Waals surface area contributed by atoms with Crippen molar-refractivity contribution in [3.8, 4) is 11.4 Å². The summed E-state index contributed by atoms with van der Waals surface area (Å²) in [7, 11) is 0. The Morgan fingerprint density at radius 3 is 2.23 bits per heavy atom. The molecule has 31 heavy (non-hydrogen) atoms. The first kappa shape index (κ1) is 19.8. The molecule has 0 unspecified atom stereocenters. The van der Waals surface area contributed by atoms with Gasteiger partial charge in [0, 0.05) is 34.9 Å². The van der Waals surface area contributed by atoms with E-state index in [1.54, 1.807) is 60.9 Å². The molecule has 0 aliphatic carbocycles. The minimum absolute atomic E-state index is 0.205. The van der Waals surface area contributed by atoms with Crippen molar-refractivity contribution in [2.75, 3.05) is 10.6 Å². The van der Waals surface area contributed by atoms with Crippen LogP contribution < -0.4 is 16.0 Å². The van der Waals surface area contributed by atoms with E-state index in [0.717, 1.165) is 5.56 Å². The molecule has 2 heterocycles. The maximum Gasteiger partial charge on any atom is 0.323 e. The molecule has 0 radical (unpaired) electrons. The van der Waals surface area contributed by atoms with Crippen molar-refractivity contribution in [2.24, 2.45) is 0 Å². The second-order valence-electron chi connectivity index (χ2n) is 6.55. The van der Waals surface area contributed by atoms with E-state index in [2.05, 4.69) is 36.1 Å². The summed E-state index contributed by atoms with van der Waals surface area (Å²) in [6, 6.07) is 19.0. The molecule has 0 saturated carbocycles. The number of H-pyrrole nitrogens is 1. The summed E-state index contributed by atoms with van der Waals surface area (Å²) >= 11 is 0. The molecule has 2 aromatic carbocycles. The van der Waals surface area contributed by atoms with Crippen molar-refractivity contribution in [2.45, 2.75) is 6.54 Å². The van der Waals surface area contributed by atoms with E-state index in [1.807, 2.05) is 18.2 Å². The molecule has 9 nitrogen and oxygen atoms in total. The van der Waals surface area contributed by atoms with Gasteiger partial charge in [-0.05, 0) is 48.5 Å². The van der Waals surface area contributed by atoms with E-state index < -0.39 is 0 Å². The van der Waals surface area contributed by atoms with Crippen molar-refractivity contribution < 1.29 is 9.59 Å². The molecule has 154 valence electrons. The monoisotopic (exact) mass is 413 g/mol. The number of urea groups is 1. The Kier molecular flexibility index (Phi) is 5.94. The fourth-order valence-corrected chi connectivity index (χ4v) is 2.79. The minimum atomic E-state index is -0.362. The lowest BCUT2D eigenvalue weighted by molar-refractivity contribution is 0.0950. The first-order valence-electron chi connectivity index (χ1n) is 9.50. The van der Waals surface area contributed by atoms with Crippen molar-refractivity contribution in [3.05, 3.63) is 90.5 Å². The molecule has 0 saturated heterocycles. The molecule has 9 heteroatoms. The largest absolute Gasteiger partial charge is 0.345 e. The number of carbonyl (C=O) groups excluding carboxylic acids is 2. The SMILES string of the molecule is O=C(Nc1ccccc1)Nc1ccc(C(=O)NCc2nc(-c3ccncc3)n[nH]2)cc1. The molecule has 2 aromatic heterocycles. The van der Waals surface area contributed by atoms with E-state index in [-0.39, 0.29) is 18.5 Å². The maximum atomic E-state index is 12.4. The van der Waals surface area contributed by atoms with Gasteiger partial charge >= 0.3 is 6.03 Å². The summed E-state index contributed by atoms with van der Waals surface area (Å²) in [4.78, 5) is 32.8. The van der Waals surface area contributed by atoms with Crippen molar-refractivity contribution in [1.29, 1.82) is 0 Å². The highest BCUT2D eigenvalue weighted by Crippen LogP contribution is 2.13. The number of hydrogen-bond acceptors (Lipinski definition) is 5. The number of aromatic amines is 1. The fraction of sp³-hybridized carbons (Fsp3) is 0.0455. The topological polar surface area (TPSA) is 125 Å². The van der Waals surface area contributed by atoms with E-state index in [0.29, 0.717) is 28.6 Å². The lowest BCUT2D eigenvalue weighted by Gasteiger charge is -2.08. The average Bonchev–Trinajstić information content (AvgIpc) is 3.28. The Morgan fingerprint density at radius 1 is 0.839 bits per heavy atom. The zero-order valence-electron chi connectivity index (χ0n) is 16.4. The van der Waals surface area contributed by atoms with Crippen LogP contribution in [0.1, 0.15) is 16.2 Å². The van der Waals surface area contributed by atoms with Gasteiger partial charge in [-0.2, -0.15) is 5.10 Å². The summed E-state index contributed by atoms with van der Waals surface area (Å²) < 4.78 is 0. The lowest BCUT2D eigenvalue weighted by Crippen LogP contribution is -2.23. The van der Waals surface area contributed by atoms with Crippen LogP contribution in [0.25, 0.3) is 11.4 Å². The highest BCUT2D eigenvalue weighted by Gasteiger charge is 2.10. The maximum absolute atomic E-state index is 12.4. The predicted octanol–water partition coefficient (Wildman–Crippen LogP) is 3.44. The molecule has 0 aliphatic rings. The van der Waals surface area contributed by atoms with E-state index in [9.17, 15) is 9.59 Å². The van der Waals surface area contributed by atoms with E-state index in [4.69, 9.17) is 0 Å². The highest BCUT2D eigenvalue weighted by molar-refractivity contribution is 6.00. The van der Waals surface area contributed by atoms with Gasteiger partial charge in [0.15, 0.2) is 5.82 Å². The lowest BCUT2D eigenvalue weighted by atomic mass is 10.2. The summed E-state index contributed by atoms with van der Waals surface area (Å²) in [6.45, 7) is 0.205. The number of anilines is 2. The number of carbonyl (C=O) groups is 2. The molecule has 4 rings (SSSR count). The van der Waals surface area contributed by atoms with Crippen molar-refractivity contribution in [1.82, 2.24) is 25.5 Å². The Morgan fingerprint density at radius 2 is 1.52 bits per heavy atom. The Bertz CT molecular complexity index is 1160. The summed E-state index contributed by atoms with van der Waals surface area (Å²) in [5, 5.41) is 15.2. The average molecular weight is 413 g/mol. The third-order valence-electron chi connectivity index (χ3n) is 4.32. The van der Waals surface area contributed by atoms with Gasteiger partial charge in [0.2, 0.25) is 0 Å². The van der Waals surface area contributed by atoms with Crippen molar-refractivity contribution in [3.63, 3.8) is 0 Å². The summed E-state index contributed by atoms with van der Waals surface area (Å²) in [5.74, 6) is 0.814. The minimum Gasteiger partial charge on any atom is -0.345 e. The Hall–Kier alpha value is -4.53. The first-order chi connectivity index (χ1) is 15.2. The summed E-state index contributed by atoms with van der Waals surface area (Å²) in [6.07, 6.45) is 3.33. The zero-order chi connectivity index (χ0) is 21.5. The van der Waals surface area contributed by atoms with Crippen LogP contribution in [0.2, 0.25) is 0 Å². The van der Waals surface area contributed by atoms with E-state index in [1.165, 1.54) is 0 Å². The van der Waals surface area contributed by atoms with Gasteiger partial charge in [-0.1, -0.05) is 18.2 Å². The molecule has 0 bridgehead atoms. The number of nitrogens with one attached hydrogen (secondary N) is 4. The van der Waals surface area contributed by atoms with Gasteiger partial charge in [-0.3, -0.25) is 14.9 Å². The van der Waals surface area contributed by atoms with E-state index >= 15 is 0 Å². The van der Waals surface area contributed by atoms with Gasteiger partial charge < -0.3 is 16.0 Å². The standard InChI is InChI=1S/C22H19N7O2/c30-21(24-14-19-27-20(29-28-19)15-10-12-23-13-11-15)16-6-8-18(9-7-16)26-22(31)25-17-4-2-1-3-5-17/h1-13H,14H2,(H,24,30)(H2,25,26,31)(H,27,28,29). The van der Waals surface area contributed by atoms with Gasteiger partial charge in [0.05, 0.1) is 6.54 Å². The molecule has 0 atom stereocenters. The number of pyridine rings is 1. The molecule has 3 amide bonds. The fourth-order valence-electron chi connectivity index (χ4n) is 2.79. The van der Waals surface area contributed by atoms with Crippen LogP contribution in [-0.4, -0.2) is 32.1 Å². The third kappa shape index (κ3) is 5.30. The molecule has 0 aliphatic heterocycles. The third-order valence-corrected chi connectivity index (χ3v) is 4.32. The van der Waals surface area contributed by atoms with Crippen LogP contribution in [0.15, 0.2) is 79.1 Å². The predicted molar refractivity (Wildman–Crippen MR) is 116 cm³/mol. The number of nitrogens with zero attached hydrogens (tertiary/aromatic N) is 3. The van der Waals surface area contributed by atoms with Crippen molar-refractivity contribution >= 4 is 23.3 Å². The molecular formula is C22H19N7O2. The number of rotatable bonds is 6. The van der Waals surface area contributed by atoms with Gasteiger partial charge in [0.25, 0.3) is 5.91 Å². The number of para-hydroxylation sites is 1. The van der Waals surface area contributed by atoms with Gasteiger partial charge in [0.1, 0.15) is 5.82 Å². The molecule has 0 fully saturated rings. The molecule has 0 spiro atoms. The first-order valence-corrected chi connectivity index (χ1v) is 9.50. The van der Waals surface area contributed by atoms with Gasteiger partial charge in [-0.25, -0.2) is 9.78 Å². The zero-order valence-corrected chi connectivity index (χ0v) is 16.4. The Balaban J connectivity index is 1.29. The van der Waals surface area contributed by atoms with Crippen LogP contribution >= 0.6 is 0 Å². The second-order valence-corrected chi connectivity index (χ2v) is 6.55. The molecule has 4 N–H and O–H groups in total. The Labute approximate surface area is 178 Å².